The summed E-state index contributed by atoms with van der Waals surface area (Å²) in [6, 6.07) is 3.81. The molecule has 6 rings (SSSR count). The maximum absolute atomic E-state index is 13.5. The molecular formula is C23H24ClFN5O9P. The van der Waals surface area contributed by atoms with Gasteiger partial charge in [0.1, 0.15) is 11.9 Å². The Morgan fingerprint density at radius 3 is 2.95 bits per heavy atom. The van der Waals surface area contributed by atoms with Gasteiger partial charge >= 0.3 is 14.0 Å². The van der Waals surface area contributed by atoms with Crippen molar-refractivity contribution < 1.29 is 46.3 Å². The Balaban J connectivity index is 1.24. The number of carbonyl (C=O) groups is 1. The molecule has 6 atom stereocenters. The Labute approximate surface area is 231 Å². The Bertz CT molecular complexity index is 1530. The lowest BCUT2D eigenvalue weighted by molar-refractivity contribution is -0.0925. The molecule has 0 amide bonds. The molecule has 0 saturated carbocycles. The summed E-state index contributed by atoms with van der Waals surface area (Å²) >= 11 is 6.16. The third-order valence-corrected chi connectivity index (χ3v) is 8.56. The van der Waals surface area contributed by atoms with Crippen LogP contribution in [-0.2, 0) is 32.3 Å². The van der Waals surface area contributed by atoms with E-state index in [1.54, 1.807) is 13.8 Å². The fourth-order valence-electron chi connectivity index (χ4n) is 4.99. The van der Waals surface area contributed by atoms with Crippen molar-refractivity contribution in [3.8, 4) is 5.88 Å². The van der Waals surface area contributed by atoms with E-state index in [0.29, 0.717) is 24.1 Å². The minimum absolute atomic E-state index is 0.0351. The Kier molecular flexibility index (Phi) is 6.84. The summed E-state index contributed by atoms with van der Waals surface area (Å²) in [5, 5.41) is 0.121. The van der Waals surface area contributed by atoms with Crippen LogP contribution in [0.3, 0.4) is 0 Å². The van der Waals surface area contributed by atoms with Gasteiger partial charge in [0, 0.05) is 17.0 Å². The maximum Gasteiger partial charge on any atom is 0.509 e. The van der Waals surface area contributed by atoms with Gasteiger partial charge in [-0.1, -0.05) is 17.7 Å². The Morgan fingerprint density at radius 1 is 1.35 bits per heavy atom. The normalized spacial score (nSPS) is 31.6. The summed E-state index contributed by atoms with van der Waals surface area (Å²) < 4.78 is 67.7. The molecule has 2 N–H and O–H groups in total. The molecule has 3 saturated heterocycles. The van der Waals surface area contributed by atoms with Gasteiger partial charge in [0.2, 0.25) is 11.8 Å². The van der Waals surface area contributed by atoms with Crippen LogP contribution < -0.4 is 10.5 Å². The summed E-state index contributed by atoms with van der Waals surface area (Å²) in [7, 11) is -4.12. The number of benzene rings is 1. The topological polar surface area (TPSA) is 168 Å². The monoisotopic (exact) mass is 599 g/mol. The smallest absolute Gasteiger partial charge is 0.476 e. The second-order valence-electron chi connectivity index (χ2n) is 9.37. The Morgan fingerprint density at radius 2 is 2.17 bits per heavy atom. The van der Waals surface area contributed by atoms with Crippen molar-refractivity contribution in [1.29, 1.82) is 0 Å². The molecule has 3 aliphatic rings. The van der Waals surface area contributed by atoms with Crippen LogP contribution in [0.2, 0.25) is 5.02 Å². The molecule has 0 bridgehead atoms. The van der Waals surface area contributed by atoms with Gasteiger partial charge in [-0.3, -0.25) is 18.1 Å². The van der Waals surface area contributed by atoms with E-state index in [1.807, 2.05) is 0 Å². The first kappa shape index (κ1) is 27.1. The summed E-state index contributed by atoms with van der Waals surface area (Å²) in [5.74, 6) is -0.389. The van der Waals surface area contributed by atoms with Crippen LogP contribution in [-0.4, -0.2) is 63.3 Å². The van der Waals surface area contributed by atoms with Gasteiger partial charge in [0.25, 0.3) is 0 Å². The zero-order valence-corrected chi connectivity index (χ0v) is 22.8. The molecule has 0 unspecified atom stereocenters. The number of imidazole rings is 1. The highest BCUT2D eigenvalue weighted by atomic mass is 35.5. The molecule has 3 aliphatic heterocycles. The van der Waals surface area contributed by atoms with Crippen LogP contribution in [0.25, 0.3) is 11.2 Å². The second-order valence-corrected chi connectivity index (χ2v) is 11.4. The zero-order chi connectivity index (χ0) is 28.2. The van der Waals surface area contributed by atoms with Gasteiger partial charge in [0.15, 0.2) is 29.1 Å². The summed E-state index contributed by atoms with van der Waals surface area (Å²) in [4.78, 5) is 24.9. The highest BCUT2D eigenvalue weighted by Crippen LogP contribution is 2.58. The molecule has 3 aromatic rings. The first-order valence-corrected chi connectivity index (χ1v) is 14.1. The molecule has 2 aromatic heterocycles. The van der Waals surface area contributed by atoms with E-state index in [1.165, 1.54) is 23.0 Å². The first-order chi connectivity index (χ1) is 19.1. The zero-order valence-electron chi connectivity index (χ0n) is 21.2. The van der Waals surface area contributed by atoms with Gasteiger partial charge in [-0.05, 0) is 26.0 Å². The van der Waals surface area contributed by atoms with Crippen molar-refractivity contribution in [1.82, 2.24) is 19.5 Å². The van der Waals surface area contributed by atoms with Crippen LogP contribution in [0.5, 0.6) is 5.88 Å². The van der Waals surface area contributed by atoms with E-state index < -0.39 is 49.9 Å². The molecule has 40 heavy (non-hydrogen) atoms. The van der Waals surface area contributed by atoms with Crippen molar-refractivity contribution in [2.75, 3.05) is 25.6 Å². The third-order valence-electron chi connectivity index (χ3n) is 6.76. The lowest BCUT2D eigenvalue weighted by Crippen LogP contribution is -2.42. The number of phosphoric ester groups is 1. The standard InChI is InChI=1S/C23H24ClFN5O9P/c1-3-33-19-16-18(28-21(26)29-19)30(10-27-16)20-23(2)17(37-22(31)38-23)15(36-20)9-35-40(32)34-7-6-14(39-40)12-5-4-11(25)8-13(12)24/h4-5,8,10,14-15,17,20H,3,6-7,9H2,1-2H3,(H2,26,28,29)/t14-,15+,17+,20+,23+,40+/m0/s1. The average Bonchev–Trinajstić information content (AvgIpc) is 3.52. The predicted molar refractivity (Wildman–Crippen MR) is 134 cm³/mol. The SMILES string of the molecule is CCOc1nc(N)nc2c1ncn2[C@@H]1O[C@H](CO[P@@]2(=O)OCC[C@@H](c3ccc(F)cc3Cl)O2)[C@H]2OC(=O)O[C@]21C. The number of hydrogen-bond donors (Lipinski definition) is 1. The van der Waals surface area contributed by atoms with E-state index in [2.05, 4.69) is 15.0 Å². The van der Waals surface area contributed by atoms with E-state index >= 15 is 0 Å². The quantitative estimate of drug-likeness (QED) is 0.305. The summed E-state index contributed by atoms with van der Waals surface area (Å²) in [6.07, 6.45) is -2.85. The van der Waals surface area contributed by atoms with Gasteiger partial charge in [-0.15, -0.1) is 0 Å². The summed E-state index contributed by atoms with van der Waals surface area (Å²) in [6.45, 7) is 3.40. The van der Waals surface area contributed by atoms with E-state index in [9.17, 15) is 13.8 Å². The minimum Gasteiger partial charge on any atom is -0.476 e. The second kappa shape index (κ2) is 10.1. The van der Waals surface area contributed by atoms with Crippen molar-refractivity contribution in [2.24, 2.45) is 0 Å². The maximum atomic E-state index is 13.5. The average molecular weight is 600 g/mol. The van der Waals surface area contributed by atoms with Crippen molar-refractivity contribution in [3.63, 3.8) is 0 Å². The number of aromatic nitrogens is 4. The number of nitrogen functional groups attached to an aromatic ring is 1. The molecule has 1 aromatic carbocycles. The number of phosphoric acid groups is 1. The number of halogens is 2. The fraction of sp³-hybridized carbons (Fsp3) is 0.478. The number of nitrogens with zero attached hydrogens (tertiary/aromatic N) is 4. The van der Waals surface area contributed by atoms with Gasteiger partial charge in [-0.25, -0.2) is 18.7 Å². The van der Waals surface area contributed by atoms with Crippen LogP contribution in [0.1, 0.15) is 38.2 Å². The number of carbonyl (C=O) groups excluding carboxylic acids is 1. The van der Waals surface area contributed by atoms with Crippen molar-refractivity contribution >= 4 is 42.7 Å². The molecule has 214 valence electrons. The van der Waals surface area contributed by atoms with Gasteiger partial charge in [0.05, 0.1) is 32.3 Å². The van der Waals surface area contributed by atoms with Crippen LogP contribution in [0, 0.1) is 5.82 Å². The highest BCUT2D eigenvalue weighted by molar-refractivity contribution is 7.48. The van der Waals surface area contributed by atoms with Crippen LogP contribution >= 0.6 is 19.4 Å². The molecular weight excluding hydrogens is 576 g/mol. The molecule has 3 fully saturated rings. The van der Waals surface area contributed by atoms with Crippen LogP contribution in [0.15, 0.2) is 24.5 Å². The molecule has 0 radical (unpaired) electrons. The number of rotatable bonds is 7. The van der Waals surface area contributed by atoms with E-state index in [-0.39, 0.29) is 35.7 Å². The molecule has 0 aliphatic carbocycles. The first-order valence-electron chi connectivity index (χ1n) is 12.3. The molecule has 5 heterocycles. The van der Waals surface area contributed by atoms with E-state index in [0.717, 1.165) is 6.07 Å². The lowest BCUT2D eigenvalue weighted by Gasteiger charge is -2.30. The predicted octanol–water partition coefficient (Wildman–Crippen LogP) is 4.09. The number of hydrogen-bond acceptors (Lipinski definition) is 13. The number of fused-ring (bicyclic) bond motifs is 2. The molecule has 17 heteroatoms. The third kappa shape index (κ3) is 4.66. The number of ether oxygens (including phenoxy) is 4. The highest BCUT2D eigenvalue weighted by Gasteiger charge is 2.64. The van der Waals surface area contributed by atoms with Gasteiger partial charge in [-0.2, -0.15) is 9.97 Å². The van der Waals surface area contributed by atoms with Gasteiger partial charge < -0.3 is 24.7 Å². The van der Waals surface area contributed by atoms with Crippen LogP contribution in [0.4, 0.5) is 15.1 Å². The Hall–Kier alpha value is -3.07. The number of nitrogens with two attached hydrogens (primary N) is 1. The fourth-order valence-corrected chi connectivity index (χ4v) is 6.67. The van der Waals surface area contributed by atoms with Crippen molar-refractivity contribution in [2.45, 2.75) is 50.4 Å². The largest absolute Gasteiger partial charge is 0.509 e. The minimum atomic E-state index is -4.12. The summed E-state index contributed by atoms with van der Waals surface area (Å²) in [5.41, 5.74) is 5.58. The molecule has 14 nitrogen and oxygen atoms in total. The van der Waals surface area contributed by atoms with Crippen molar-refractivity contribution in [3.05, 3.63) is 40.9 Å². The van der Waals surface area contributed by atoms with E-state index in [4.69, 9.17) is 49.9 Å². The molecule has 0 spiro atoms. The lowest BCUT2D eigenvalue weighted by atomic mass is 9.96. The number of anilines is 1.